The molecule has 0 radical (unpaired) electrons. The van der Waals surface area contributed by atoms with Crippen molar-refractivity contribution < 1.29 is 4.42 Å². The molecule has 1 aromatic heterocycles. The standard InChI is InChI=1S/C17H15BrINO/c1-10-4-3-5-11-8-15(21-17(10)11)16(20-2)13-9-12(18)6-7-14(13)19/h3-9,16,20H,1-2H3. The smallest absolute Gasteiger partial charge is 0.137 e. The van der Waals surface area contributed by atoms with E-state index in [2.05, 4.69) is 93.2 Å². The summed E-state index contributed by atoms with van der Waals surface area (Å²) in [6.07, 6.45) is 0. The number of hydrogen-bond acceptors (Lipinski definition) is 2. The van der Waals surface area contributed by atoms with Crippen LogP contribution in [0.4, 0.5) is 0 Å². The van der Waals surface area contributed by atoms with E-state index < -0.39 is 0 Å². The lowest BCUT2D eigenvalue weighted by Gasteiger charge is -2.16. The monoisotopic (exact) mass is 455 g/mol. The van der Waals surface area contributed by atoms with Crippen molar-refractivity contribution in [1.29, 1.82) is 0 Å². The van der Waals surface area contributed by atoms with Crippen LogP contribution in [0.3, 0.4) is 0 Å². The van der Waals surface area contributed by atoms with E-state index in [1.807, 2.05) is 7.05 Å². The van der Waals surface area contributed by atoms with E-state index in [0.717, 1.165) is 26.8 Å². The highest BCUT2D eigenvalue weighted by atomic mass is 127. The highest BCUT2D eigenvalue weighted by Crippen LogP contribution is 2.32. The van der Waals surface area contributed by atoms with E-state index in [4.69, 9.17) is 4.42 Å². The summed E-state index contributed by atoms with van der Waals surface area (Å²) < 4.78 is 8.41. The molecule has 0 aliphatic heterocycles. The Kier molecular flexibility index (Phi) is 4.38. The maximum Gasteiger partial charge on any atom is 0.137 e. The van der Waals surface area contributed by atoms with Gasteiger partial charge in [-0.15, -0.1) is 0 Å². The summed E-state index contributed by atoms with van der Waals surface area (Å²) in [5, 5.41) is 4.51. The summed E-state index contributed by atoms with van der Waals surface area (Å²) in [5.74, 6) is 0.942. The van der Waals surface area contributed by atoms with Crippen LogP contribution < -0.4 is 5.32 Å². The van der Waals surface area contributed by atoms with Crippen molar-refractivity contribution >= 4 is 49.5 Å². The minimum Gasteiger partial charge on any atom is -0.459 e. The van der Waals surface area contributed by atoms with Crippen molar-refractivity contribution in [2.75, 3.05) is 7.05 Å². The quantitative estimate of drug-likeness (QED) is 0.533. The zero-order chi connectivity index (χ0) is 15.0. The van der Waals surface area contributed by atoms with Gasteiger partial charge in [-0.05, 0) is 72.0 Å². The first-order chi connectivity index (χ1) is 10.1. The molecule has 0 amide bonds. The predicted octanol–water partition coefficient (Wildman–Crippen LogP) is 5.42. The molecule has 0 bridgehead atoms. The van der Waals surface area contributed by atoms with E-state index >= 15 is 0 Å². The normalized spacial score (nSPS) is 12.8. The van der Waals surface area contributed by atoms with Crippen LogP contribution in [0, 0.1) is 10.5 Å². The van der Waals surface area contributed by atoms with Gasteiger partial charge in [-0.25, -0.2) is 0 Å². The zero-order valence-electron chi connectivity index (χ0n) is 11.8. The molecule has 0 fully saturated rings. The Morgan fingerprint density at radius 3 is 2.71 bits per heavy atom. The van der Waals surface area contributed by atoms with Gasteiger partial charge in [0, 0.05) is 13.4 Å². The Hall–Kier alpha value is -0.850. The van der Waals surface area contributed by atoms with Crippen LogP contribution >= 0.6 is 38.5 Å². The molecule has 1 unspecified atom stereocenters. The number of aryl methyl sites for hydroxylation is 1. The van der Waals surface area contributed by atoms with E-state index in [9.17, 15) is 0 Å². The molecular weight excluding hydrogens is 441 g/mol. The Morgan fingerprint density at radius 2 is 2.00 bits per heavy atom. The Bertz CT molecular complexity index is 797. The molecule has 1 heterocycles. The van der Waals surface area contributed by atoms with Gasteiger partial charge in [-0.3, -0.25) is 0 Å². The van der Waals surface area contributed by atoms with Crippen molar-refractivity contribution in [3.63, 3.8) is 0 Å². The molecule has 0 saturated heterocycles. The lowest BCUT2D eigenvalue weighted by atomic mass is 10.0. The molecule has 0 spiro atoms. The molecule has 4 heteroatoms. The summed E-state index contributed by atoms with van der Waals surface area (Å²) in [4.78, 5) is 0. The molecule has 0 aliphatic rings. The summed E-state index contributed by atoms with van der Waals surface area (Å²) in [5.41, 5.74) is 3.35. The molecule has 108 valence electrons. The largest absolute Gasteiger partial charge is 0.459 e. The fourth-order valence-electron chi connectivity index (χ4n) is 2.56. The Morgan fingerprint density at radius 1 is 1.19 bits per heavy atom. The van der Waals surface area contributed by atoms with Gasteiger partial charge in [0.1, 0.15) is 11.3 Å². The van der Waals surface area contributed by atoms with Crippen LogP contribution in [0.5, 0.6) is 0 Å². The second-order valence-corrected chi connectivity index (χ2v) is 7.11. The third kappa shape index (κ3) is 2.89. The lowest BCUT2D eigenvalue weighted by molar-refractivity contribution is 0.489. The molecule has 1 atom stereocenters. The summed E-state index contributed by atoms with van der Waals surface area (Å²) in [6, 6.07) is 14.7. The summed E-state index contributed by atoms with van der Waals surface area (Å²) in [7, 11) is 1.96. The van der Waals surface area contributed by atoms with Gasteiger partial charge in [-0.1, -0.05) is 34.1 Å². The number of rotatable bonds is 3. The van der Waals surface area contributed by atoms with Crippen LogP contribution in [0.25, 0.3) is 11.0 Å². The molecule has 1 N–H and O–H groups in total. The van der Waals surface area contributed by atoms with Crippen molar-refractivity contribution in [2.45, 2.75) is 13.0 Å². The second kappa shape index (κ2) is 6.10. The third-order valence-electron chi connectivity index (χ3n) is 3.60. The molecule has 0 aliphatic carbocycles. The SMILES string of the molecule is CNC(c1cc2cccc(C)c2o1)c1cc(Br)ccc1I. The maximum absolute atomic E-state index is 6.12. The van der Waals surface area contributed by atoms with Crippen molar-refractivity contribution in [3.8, 4) is 0 Å². The molecule has 3 aromatic rings. The fourth-order valence-corrected chi connectivity index (χ4v) is 3.58. The van der Waals surface area contributed by atoms with Crippen LogP contribution in [0.1, 0.15) is 22.9 Å². The minimum atomic E-state index is 0.0428. The number of nitrogens with one attached hydrogen (secondary N) is 1. The first-order valence-electron chi connectivity index (χ1n) is 6.71. The molecule has 21 heavy (non-hydrogen) atoms. The Labute approximate surface area is 146 Å². The van der Waals surface area contributed by atoms with E-state index in [1.165, 1.54) is 9.13 Å². The molecule has 2 aromatic carbocycles. The average Bonchev–Trinajstić information content (AvgIpc) is 2.89. The first-order valence-corrected chi connectivity index (χ1v) is 8.58. The highest BCUT2D eigenvalue weighted by Gasteiger charge is 2.20. The first kappa shape index (κ1) is 15.1. The molecule has 2 nitrogen and oxygen atoms in total. The van der Waals surface area contributed by atoms with Gasteiger partial charge in [0.15, 0.2) is 0 Å². The molecule has 3 rings (SSSR count). The van der Waals surface area contributed by atoms with Gasteiger partial charge in [0.05, 0.1) is 6.04 Å². The summed E-state index contributed by atoms with van der Waals surface area (Å²) in [6.45, 7) is 2.08. The predicted molar refractivity (Wildman–Crippen MR) is 98.7 cm³/mol. The topological polar surface area (TPSA) is 25.2 Å². The highest BCUT2D eigenvalue weighted by molar-refractivity contribution is 14.1. The minimum absolute atomic E-state index is 0.0428. The van der Waals surface area contributed by atoms with Gasteiger partial charge in [0.25, 0.3) is 0 Å². The van der Waals surface area contributed by atoms with Crippen molar-refractivity contribution in [2.24, 2.45) is 0 Å². The summed E-state index contributed by atoms with van der Waals surface area (Å²) >= 11 is 5.92. The number of para-hydroxylation sites is 1. The van der Waals surface area contributed by atoms with Crippen LogP contribution in [-0.2, 0) is 0 Å². The fraction of sp³-hybridized carbons (Fsp3) is 0.176. The van der Waals surface area contributed by atoms with Gasteiger partial charge in [-0.2, -0.15) is 0 Å². The van der Waals surface area contributed by atoms with E-state index in [-0.39, 0.29) is 6.04 Å². The van der Waals surface area contributed by atoms with Gasteiger partial charge >= 0.3 is 0 Å². The molecule has 0 saturated carbocycles. The Balaban J connectivity index is 2.13. The zero-order valence-corrected chi connectivity index (χ0v) is 15.5. The number of halogens is 2. The third-order valence-corrected chi connectivity index (χ3v) is 5.08. The van der Waals surface area contributed by atoms with Gasteiger partial charge < -0.3 is 9.73 Å². The molecular formula is C17H15BrINO. The number of hydrogen-bond donors (Lipinski definition) is 1. The van der Waals surface area contributed by atoms with Crippen LogP contribution in [0.2, 0.25) is 0 Å². The number of fused-ring (bicyclic) bond motifs is 1. The lowest BCUT2D eigenvalue weighted by Crippen LogP contribution is -2.18. The van der Waals surface area contributed by atoms with Gasteiger partial charge in [0.2, 0.25) is 0 Å². The van der Waals surface area contributed by atoms with E-state index in [1.54, 1.807) is 0 Å². The van der Waals surface area contributed by atoms with Crippen LogP contribution in [0.15, 0.2) is 51.4 Å². The van der Waals surface area contributed by atoms with Crippen LogP contribution in [-0.4, -0.2) is 7.05 Å². The second-order valence-electron chi connectivity index (χ2n) is 5.03. The maximum atomic E-state index is 6.12. The van der Waals surface area contributed by atoms with E-state index in [0.29, 0.717) is 0 Å². The average molecular weight is 456 g/mol. The van der Waals surface area contributed by atoms with Crippen molar-refractivity contribution in [3.05, 3.63) is 67.4 Å². The number of furan rings is 1. The number of benzene rings is 2. The van der Waals surface area contributed by atoms with Crippen molar-refractivity contribution in [1.82, 2.24) is 5.32 Å².